The second-order valence-corrected chi connectivity index (χ2v) is 9.84. The molecule has 4 fully saturated rings. The van der Waals surface area contributed by atoms with Crippen LogP contribution in [0.1, 0.15) is 25.7 Å². The minimum absolute atomic E-state index is 0.252. The number of fused-ring (bicyclic) bond motifs is 4. The SMILES string of the molecule is O=C(CN1CC2CC(C1)[C@H]1CCCC(=O)N1C2)N1CCN(c2ccc(Cl)cc2)CC1. The van der Waals surface area contributed by atoms with Crippen LogP contribution in [-0.4, -0.2) is 84.9 Å². The molecule has 0 N–H and O–H groups in total. The molecule has 4 heterocycles. The number of amides is 2. The van der Waals surface area contributed by atoms with Crippen molar-refractivity contribution < 1.29 is 9.59 Å². The van der Waals surface area contributed by atoms with E-state index in [1.807, 2.05) is 29.2 Å². The first kappa shape index (κ1) is 20.1. The third-order valence-corrected chi connectivity index (χ3v) is 7.69. The number of halogens is 1. The molecule has 3 atom stereocenters. The highest BCUT2D eigenvalue weighted by atomic mass is 35.5. The Morgan fingerprint density at radius 1 is 1.03 bits per heavy atom. The number of anilines is 1. The Morgan fingerprint density at radius 2 is 1.80 bits per heavy atom. The van der Waals surface area contributed by atoms with Gasteiger partial charge in [0.25, 0.3) is 0 Å². The van der Waals surface area contributed by atoms with Crippen molar-refractivity contribution in [1.29, 1.82) is 0 Å². The third kappa shape index (κ3) is 4.04. The fraction of sp³-hybridized carbons (Fsp3) is 0.652. The first-order valence-electron chi connectivity index (χ1n) is 11.4. The van der Waals surface area contributed by atoms with Crippen LogP contribution in [0.3, 0.4) is 0 Å². The van der Waals surface area contributed by atoms with Crippen LogP contribution < -0.4 is 4.90 Å². The van der Waals surface area contributed by atoms with E-state index in [-0.39, 0.29) is 5.91 Å². The number of carbonyl (C=O) groups excluding carboxylic acids is 2. The number of piperidine rings is 3. The van der Waals surface area contributed by atoms with Crippen molar-refractivity contribution in [2.75, 3.05) is 57.3 Å². The molecule has 4 aliphatic rings. The molecular weight excluding hydrogens is 400 g/mol. The van der Waals surface area contributed by atoms with E-state index in [1.54, 1.807) is 0 Å². The van der Waals surface area contributed by atoms with Crippen LogP contribution in [0, 0.1) is 11.8 Å². The molecular formula is C23H31ClN4O2. The lowest BCUT2D eigenvalue weighted by Crippen LogP contribution is -2.61. The Bertz CT molecular complexity index is 793. The molecule has 0 aliphatic carbocycles. The average molecular weight is 431 g/mol. The van der Waals surface area contributed by atoms with E-state index in [0.717, 1.165) is 70.1 Å². The Balaban J connectivity index is 1.14. The van der Waals surface area contributed by atoms with Gasteiger partial charge in [-0.05, 0) is 55.4 Å². The van der Waals surface area contributed by atoms with Gasteiger partial charge in [0.05, 0.1) is 6.54 Å². The van der Waals surface area contributed by atoms with Crippen molar-refractivity contribution in [2.45, 2.75) is 31.7 Å². The van der Waals surface area contributed by atoms with Gasteiger partial charge in [-0.15, -0.1) is 0 Å². The van der Waals surface area contributed by atoms with E-state index in [0.29, 0.717) is 30.3 Å². The summed E-state index contributed by atoms with van der Waals surface area (Å²) in [5, 5.41) is 0.750. The van der Waals surface area contributed by atoms with Crippen LogP contribution in [0.2, 0.25) is 5.02 Å². The summed E-state index contributed by atoms with van der Waals surface area (Å²) in [7, 11) is 0. The summed E-state index contributed by atoms with van der Waals surface area (Å²) in [6.45, 7) is 6.58. The highest BCUT2D eigenvalue weighted by Gasteiger charge is 2.44. The Labute approximate surface area is 183 Å². The maximum absolute atomic E-state index is 13.0. The molecule has 4 saturated heterocycles. The maximum atomic E-state index is 13.0. The zero-order chi connectivity index (χ0) is 20.7. The number of piperazine rings is 1. The molecule has 4 aliphatic heterocycles. The molecule has 0 aromatic heterocycles. The highest BCUT2D eigenvalue weighted by Crippen LogP contribution is 2.37. The fourth-order valence-electron chi connectivity index (χ4n) is 6.00. The quantitative estimate of drug-likeness (QED) is 0.738. The molecule has 1 aromatic carbocycles. The molecule has 7 heteroatoms. The summed E-state index contributed by atoms with van der Waals surface area (Å²) in [6.07, 6.45) is 4.11. The number of hydrogen-bond acceptors (Lipinski definition) is 4. The van der Waals surface area contributed by atoms with E-state index in [4.69, 9.17) is 11.6 Å². The van der Waals surface area contributed by atoms with Crippen molar-refractivity contribution in [3.8, 4) is 0 Å². The van der Waals surface area contributed by atoms with E-state index >= 15 is 0 Å². The lowest BCUT2D eigenvalue weighted by Gasteiger charge is -2.52. The number of likely N-dealkylation sites (tertiary alicyclic amines) is 1. The van der Waals surface area contributed by atoms with Crippen LogP contribution in [0.5, 0.6) is 0 Å². The second-order valence-electron chi connectivity index (χ2n) is 9.41. The van der Waals surface area contributed by atoms with Gasteiger partial charge in [0.1, 0.15) is 0 Å². The van der Waals surface area contributed by atoms with Gasteiger partial charge in [-0.1, -0.05) is 11.6 Å². The van der Waals surface area contributed by atoms with Gasteiger partial charge in [-0.25, -0.2) is 0 Å². The number of carbonyl (C=O) groups is 2. The monoisotopic (exact) mass is 430 g/mol. The van der Waals surface area contributed by atoms with Crippen LogP contribution in [0.25, 0.3) is 0 Å². The molecule has 162 valence electrons. The zero-order valence-corrected chi connectivity index (χ0v) is 18.3. The molecule has 2 bridgehead atoms. The van der Waals surface area contributed by atoms with Crippen molar-refractivity contribution in [3.63, 3.8) is 0 Å². The van der Waals surface area contributed by atoms with Crippen molar-refractivity contribution in [2.24, 2.45) is 11.8 Å². The number of hydrogen-bond donors (Lipinski definition) is 0. The normalized spacial score (nSPS) is 29.7. The van der Waals surface area contributed by atoms with Gasteiger partial charge in [0, 0.05) is 69.0 Å². The first-order chi connectivity index (χ1) is 14.6. The number of rotatable bonds is 3. The fourth-order valence-corrected chi connectivity index (χ4v) is 6.12. The van der Waals surface area contributed by atoms with E-state index < -0.39 is 0 Å². The summed E-state index contributed by atoms with van der Waals surface area (Å²) in [4.78, 5) is 34.2. The molecule has 2 unspecified atom stereocenters. The lowest BCUT2D eigenvalue weighted by molar-refractivity contribution is -0.146. The summed E-state index contributed by atoms with van der Waals surface area (Å²) in [6, 6.07) is 8.34. The molecule has 1 aromatic rings. The molecule has 0 saturated carbocycles. The summed E-state index contributed by atoms with van der Waals surface area (Å²) in [5.74, 6) is 1.67. The van der Waals surface area contributed by atoms with Crippen molar-refractivity contribution in [3.05, 3.63) is 29.3 Å². The number of nitrogens with zero attached hydrogens (tertiary/aromatic N) is 4. The molecule has 5 rings (SSSR count). The molecule has 0 spiro atoms. The topological polar surface area (TPSA) is 47.1 Å². The Morgan fingerprint density at radius 3 is 2.57 bits per heavy atom. The summed E-state index contributed by atoms with van der Waals surface area (Å²) in [5.41, 5.74) is 1.17. The highest BCUT2D eigenvalue weighted by molar-refractivity contribution is 6.30. The maximum Gasteiger partial charge on any atom is 0.236 e. The first-order valence-corrected chi connectivity index (χ1v) is 11.7. The van der Waals surface area contributed by atoms with Crippen molar-refractivity contribution >= 4 is 29.1 Å². The van der Waals surface area contributed by atoms with E-state index in [2.05, 4.69) is 14.7 Å². The standard InChI is InChI=1S/C23H31ClN4O2/c24-19-4-6-20(7-5-19)26-8-10-27(11-9-26)23(30)16-25-13-17-12-18(15-25)21-2-1-3-22(29)28(21)14-17/h4-7,17-18,21H,1-3,8-16H2/t17?,18?,21-/m1/s1. The summed E-state index contributed by atoms with van der Waals surface area (Å²) < 4.78 is 0. The van der Waals surface area contributed by atoms with E-state index in [1.165, 1.54) is 12.1 Å². The van der Waals surface area contributed by atoms with Gasteiger partial charge in [-0.2, -0.15) is 0 Å². The van der Waals surface area contributed by atoms with Gasteiger partial charge >= 0.3 is 0 Å². The Hall–Kier alpha value is -1.79. The van der Waals surface area contributed by atoms with Gasteiger partial charge in [0.15, 0.2) is 0 Å². The van der Waals surface area contributed by atoms with Crippen LogP contribution in [0.15, 0.2) is 24.3 Å². The smallest absolute Gasteiger partial charge is 0.236 e. The predicted octanol–water partition coefficient (Wildman–Crippen LogP) is 2.32. The largest absolute Gasteiger partial charge is 0.368 e. The third-order valence-electron chi connectivity index (χ3n) is 7.44. The van der Waals surface area contributed by atoms with Crippen LogP contribution in [0.4, 0.5) is 5.69 Å². The average Bonchev–Trinajstić information content (AvgIpc) is 2.75. The minimum Gasteiger partial charge on any atom is -0.368 e. The molecule has 2 amide bonds. The number of benzene rings is 1. The van der Waals surface area contributed by atoms with Crippen molar-refractivity contribution in [1.82, 2.24) is 14.7 Å². The lowest BCUT2D eigenvalue weighted by atomic mass is 9.76. The van der Waals surface area contributed by atoms with Gasteiger partial charge in [-0.3, -0.25) is 14.5 Å². The van der Waals surface area contributed by atoms with Crippen LogP contribution in [-0.2, 0) is 9.59 Å². The zero-order valence-electron chi connectivity index (χ0n) is 17.5. The molecule has 6 nitrogen and oxygen atoms in total. The van der Waals surface area contributed by atoms with Crippen LogP contribution >= 0.6 is 11.6 Å². The Kier molecular flexibility index (Phi) is 5.63. The summed E-state index contributed by atoms with van der Waals surface area (Å²) >= 11 is 5.99. The van der Waals surface area contributed by atoms with E-state index in [9.17, 15) is 9.59 Å². The minimum atomic E-state index is 0.252. The predicted molar refractivity (Wildman–Crippen MR) is 118 cm³/mol. The second kappa shape index (κ2) is 8.39. The molecule has 30 heavy (non-hydrogen) atoms. The molecule has 0 radical (unpaired) electrons. The van der Waals surface area contributed by atoms with Gasteiger partial charge in [0.2, 0.25) is 11.8 Å². The van der Waals surface area contributed by atoms with Gasteiger partial charge < -0.3 is 14.7 Å².